The highest BCUT2D eigenvalue weighted by atomic mass is 35.5. The van der Waals surface area contributed by atoms with E-state index >= 15 is 0 Å². The van der Waals surface area contributed by atoms with Crippen LogP contribution in [0.3, 0.4) is 0 Å². The van der Waals surface area contributed by atoms with Crippen LogP contribution in [0.1, 0.15) is 31.1 Å². The first-order chi connectivity index (χ1) is 10.1. The van der Waals surface area contributed by atoms with Gasteiger partial charge < -0.3 is 10.1 Å². The van der Waals surface area contributed by atoms with Crippen LogP contribution in [0.25, 0.3) is 0 Å². The third kappa shape index (κ3) is 3.18. The lowest BCUT2D eigenvalue weighted by Crippen LogP contribution is -2.25. The van der Waals surface area contributed by atoms with Crippen LogP contribution in [-0.4, -0.2) is 23.4 Å². The second-order valence-electron chi connectivity index (χ2n) is 4.55. The number of benzene rings is 1. The third-order valence-electron chi connectivity index (χ3n) is 3.34. The predicted octanol–water partition coefficient (Wildman–Crippen LogP) is 3.92. The summed E-state index contributed by atoms with van der Waals surface area (Å²) in [5, 5.41) is 8.89. The van der Waals surface area contributed by atoms with Crippen molar-refractivity contribution in [2.75, 3.05) is 13.7 Å². The molecule has 1 unspecified atom stereocenters. The van der Waals surface area contributed by atoms with Crippen molar-refractivity contribution < 1.29 is 4.74 Å². The molecule has 1 heterocycles. The zero-order valence-electron chi connectivity index (χ0n) is 12.4. The molecule has 114 valence electrons. The van der Waals surface area contributed by atoms with Gasteiger partial charge in [0.15, 0.2) is 5.75 Å². The Morgan fingerprint density at radius 3 is 2.71 bits per heavy atom. The Hall–Kier alpha value is -1.23. The molecular weight excluding hydrogens is 309 g/mol. The van der Waals surface area contributed by atoms with Crippen molar-refractivity contribution in [3.8, 4) is 5.75 Å². The molecule has 4 nitrogen and oxygen atoms in total. The van der Waals surface area contributed by atoms with Gasteiger partial charge in [0.1, 0.15) is 5.69 Å². The molecule has 6 heteroatoms. The van der Waals surface area contributed by atoms with Gasteiger partial charge in [-0.15, -0.1) is 0 Å². The molecule has 21 heavy (non-hydrogen) atoms. The maximum atomic E-state index is 6.39. The van der Waals surface area contributed by atoms with Crippen LogP contribution in [0.15, 0.2) is 24.4 Å². The Balaban J connectivity index is 2.58. The molecule has 0 aliphatic rings. The van der Waals surface area contributed by atoms with Crippen molar-refractivity contribution in [1.82, 2.24) is 15.1 Å². The summed E-state index contributed by atoms with van der Waals surface area (Å²) in [5.41, 5.74) is 1.87. The predicted molar refractivity (Wildman–Crippen MR) is 86.4 cm³/mol. The Labute approximate surface area is 135 Å². The van der Waals surface area contributed by atoms with Gasteiger partial charge in [0.2, 0.25) is 0 Å². The molecular formula is C15H19Cl2N3O. The molecule has 0 bridgehead atoms. The van der Waals surface area contributed by atoms with E-state index in [1.165, 1.54) is 0 Å². The van der Waals surface area contributed by atoms with E-state index in [0.29, 0.717) is 10.0 Å². The average molecular weight is 328 g/mol. The van der Waals surface area contributed by atoms with Gasteiger partial charge in [0.05, 0.1) is 29.4 Å². The lowest BCUT2D eigenvalue weighted by molar-refractivity contribution is 0.399. The van der Waals surface area contributed by atoms with Crippen LogP contribution < -0.4 is 10.1 Å². The number of ether oxygens (including phenoxy) is 1. The highest BCUT2D eigenvalue weighted by Gasteiger charge is 2.25. The fourth-order valence-corrected chi connectivity index (χ4v) is 2.80. The van der Waals surface area contributed by atoms with E-state index in [9.17, 15) is 0 Å². The van der Waals surface area contributed by atoms with Crippen molar-refractivity contribution in [2.45, 2.75) is 26.4 Å². The smallest absolute Gasteiger partial charge is 0.161 e. The molecule has 1 aromatic carbocycles. The molecule has 0 radical (unpaired) electrons. The SMILES string of the molecule is CCNC(c1cccc(Cl)c1Cl)c1c(OC)cnn1CC. The van der Waals surface area contributed by atoms with Gasteiger partial charge in [0, 0.05) is 6.54 Å². The number of rotatable bonds is 6. The number of nitrogens with zero attached hydrogens (tertiary/aromatic N) is 2. The van der Waals surface area contributed by atoms with Crippen molar-refractivity contribution >= 4 is 23.2 Å². The number of halogens is 2. The summed E-state index contributed by atoms with van der Waals surface area (Å²) in [7, 11) is 1.64. The van der Waals surface area contributed by atoms with E-state index in [1.54, 1.807) is 19.4 Å². The fraction of sp³-hybridized carbons (Fsp3) is 0.400. The minimum absolute atomic E-state index is 0.126. The lowest BCUT2D eigenvalue weighted by Gasteiger charge is -2.22. The molecule has 0 aliphatic carbocycles. The highest BCUT2D eigenvalue weighted by Crippen LogP contribution is 2.36. The second-order valence-corrected chi connectivity index (χ2v) is 5.33. The van der Waals surface area contributed by atoms with E-state index in [2.05, 4.69) is 10.4 Å². The summed E-state index contributed by atoms with van der Waals surface area (Å²) in [6, 6.07) is 5.52. The topological polar surface area (TPSA) is 39.1 Å². The zero-order chi connectivity index (χ0) is 15.4. The number of methoxy groups -OCH3 is 1. The molecule has 1 N–H and O–H groups in total. The quantitative estimate of drug-likeness (QED) is 0.874. The van der Waals surface area contributed by atoms with Gasteiger partial charge in [-0.3, -0.25) is 4.68 Å². The largest absolute Gasteiger partial charge is 0.493 e. The summed E-state index contributed by atoms with van der Waals surface area (Å²) in [6.07, 6.45) is 1.72. The van der Waals surface area contributed by atoms with Crippen LogP contribution in [0.4, 0.5) is 0 Å². The van der Waals surface area contributed by atoms with Crippen LogP contribution in [0.5, 0.6) is 5.75 Å². The van der Waals surface area contributed by atoms with Crippen molar-refractivity contribution in [3.63, 3.8) is 0 Å². The van der Waals surface area contributed by atoms with E-state index < -0.39 is 0 Å². The lowest BCUT2D eigenvalue weighted by atomic mass is 10.0. The van der Waals surface area contributed by atoms with Crippen LogP contribution in [-0.2, 0) is 6.54 Å². The average Bonchev–Trinajstić information content (AvgIpc) is 2.90. The van der Waals surface area contributed by atoms with Gasteiger partial charge in [-0.1, -0.05) is 42.3 Å². The Morgan fingerprint density at radius 2 is 2.10 bits per heavy atom. The van der Waals surface area contributed by atoms with Gasteiger partial charge >= 0.3 is 0 Å². The molecule has 1 aromatic heterocycles. The van der Waals surface area contributed by atoms with E-state index in [-0.39, 0.29) is 6.04 Å². The highest BCUT2D eigenvalue weighted by molar-refractivity contribution is 6.42. The Kier molecular flexibility index (Phi) is 5.51. The monoisotopic (exact) mass is 327 g/mol. The van der Waals surface area contributed by atoms with Crippen LogP contribution >= 0.6 is 23.2 Å². The number of nitrogens with one attached hydrogen (secondary N) is 1. The molecule has 2 rings (SSSR count). The van der Waals surface area contributed by atoms with Gasteiger partial charge in [0.25, 0.3) is 0 Å². The Bertz CT molecular complexity index is 591. The molecule has 1 atom stereocenters. The molecule has 0 spiro atoms. The molecule has 0 saturated carbocycles. The summed E-state index contributed by atoms with van der Waals surface area (Å²) >= 11 is 12.5. The van der Waals surface area contributed by atoms with Crippen molar-refractivity contribution in [2.24, 2.45) is 0 Å². The number of aryl methyl sites for hydroxylation is 1. The zero-order valence-corrected chi connectivity index (χ0v) is 13.9. The molecule has 0 aliphatic heterocycles. The molecule has 2 aromatic rings. The minimum Gasteiger partial charge on any atom is -0.493 e. The first-order valence-electron chi connectivity index (χ1n) is 6.90. The summed E-state index contributed by atoms with van der Waals surface area (Å²) < 4.78 is 7.35. The van der Waals surface area contributed by atoms with Crippen LogP contribution in [0, 0.1) is 0 Å². The van der Waals surface area contributed by atoms with Crippen molar-refractivity contribution in [3.05, 3.63) is 45.7 Å². The fourth-order valence-electron chi connectivity index (χ4n) is 2.38. The van der Waals surface area contributed by atoms with E-state index in [4.69, 9.17) is 27.9 Å². The molecule has 0 fully saturated rings. The number of aromatic nitrogens is 2. The Morgan fingerprint density at radius 1 is 1.33 bits per heavy atom. The maximum Gasteiger partial charge on any atom is 0.161 e. The standard InChI is InChI=1S/C15H19Cl2N3O/c1-4-18-14(10-7-6-8-11(16)13(10)17)15-12(21-3)9-19-20(15)5-2/h6-9,14,18H,4-5H2,1-3H3. The summed E-state index contributed by atoms with van der Waals surface area (Å²) in [5.74, 6) is 0.735. The minimum atomic E-state index is -0.126. The van der Waals surface area contributed by atoms with E-state index in [1.807, 2.05) is 30.7 Å². The van der Waals surface area contributed by atoms with E-state index in [0.717, 1.165) is 30.1 Å². The first-order valence-corrected chi connectivity index (χ1v) is 7.66. The molecule has 0 amide bonds. The number of hydrogen-bond acceptors (Lipinski definition) is 3. The van der Waals surface area contributed by atoms with Gasteiger partial charge in [-0.2, -0.15) is 5.10 Å². The van der Waals surface area contributed by atoms with Gasteiger partial charge in [-0.25, -0.2) is 0 Å². The third-order valence-corrected chi connectivity index (χ3v) is 4.17. The van der Waals surface area contributed by atoms with Crippen molar-refractivity contribution in [1.29, 1.82) is 0 Å². The summed E-state index contributed by atoms with van der Waals surface area (Å²) in [6.45, 7) is 5.62. The molecule has 0 saturated heterocycles. The second kappa shape index (κ2) is 7.16. The maximum absolute atomic E-state index is 6.39. The van der Waals surface area contributed by atoms with Gasteiger partial charge in [-0.05, 0) is 25.1 Å². The normalized spacial score (nSPS) is 12.4. The first kappa shape index (κ1) is 16.1. The van der Waals surface area contributed by atoms with Crippen LogP contribution in [0.2, 0.25) is 10.0 Å². The number of hydrogen-bond donors (Lipinski definition) is 1. The summed E-state index contributed by atoms with van der Waals surface area (Å²) in [4.78, 5) is 0.